The lowest BCUT2D eigenvalue weighted by atomic mass is 10.1. The van der Waals surface area contributed by atoms with Gasteiger partial charge in [0.1, 0.15) is 11.6 Å². The lowest BCUT2D eigenvalue weighted by Gasteiger charge is -2.13. The first-order valence-electron chi connectivity index (χ1n) is 8.21. The molecule has 0 saturated heterocycles. The fraction of sp³-hybridized carbons (Fsp3) is 0.263. The highest BCUT2D eigenvalue weighted by Crippen LogP contribution is 2.21. The van der Waals surface area contributed by atoms with Gasteiger partial charge in [0.15, 0.2) is 0 Å². The van der Waals surface area contributed by atoms with Gasteiger partial charge in [-0.3, -0.25) is 0 Å². The van der Waals surface area contributed by atoms with E-state index in [0.717, 1.165) is 11.3 Å². The van der Waals surface area contributed by atoms with E-state index in [0.29, 0.717) is 30.4 Å². The van der Waals surface area contributed by atoms with Gasteiger partial charge < -0.3 is 14.6 Å². The molecule has 3 aromatic rings. The molecule has 0 unspecified atom stereocenters. The third-order valence-corrected chi connectivity index (χ3v) is 3.82. The Morgan fingerprint density at radius 2 is 1.92 bits per heavy atom. The molecule has 130 valence electrons. The SMILES string of the molecule is CCOc1ccc(-c2noc(CN[C@H](C)c3ccccc3F)n2)cc1. The first-order chi connectivity index (χ1) is 12.2. The van der Waals surface area contributed by atoms with Crippen LogP contribution in [-0.2, 0) is 6.54 Å². The summed E-state index contributed by atoms with van der Waals surface area (Å²) in [5, 5.41) is 7.18. The molecule has 3 rings (SSSR count). The molecule has 1 heterocycles. The highest BCUT2D eigenvalue weighted by molar-refractivity contribution is 5.55. The second-order valence-corrected chi connectivity index (χ2v) is 5.59. The summed E-state index contributed by atoms with van der Waals surface area (Å²) in [6.07, 6.45) is 0. The summed E-state index contributed by atoms with van der Waals surface area (Å²) < 4.78 is 24.5. The Balaban J connectivity index is 1.63. The van der Waals surface area contributed by atoms with Crippen LogP contribution >= 0.6 is 0 Å². The average molecular weight is 341 g/mol. The van der Waals surface area contributed by atoms with Gasteiger partial charge in [0.05, 0.1) is 13.2 Å². The Morgan fingerprint density at radius 3 is 2.64 bits per heavy atom. The molecule has 0 amide bonds. The molecule has 2 aromatic carbocycles. The number of ether oxygens (including phenoxy) is 1. The first-order valence-corrected chi connectivity index (χ1v) is 8.21. The molecule has 0 bridgehead atoms. The summed E-state index contributed by atoms with van der Waals surface area (Å²) in [5.41, 5.74) is 1.45. The van der Waals surface area contributed by atoms with Crippen LogP contribution in [0.4, 0.5) is 4.39 Å². The molecule has 6 heteroatoms. The van der Waals surface area contributed by atoms with Crippen LogP contribution in [0, 0.1) is 5.82 Å². The van der Waals surface area contributed by atoms with E-state index in [1.165, 1.54) is 6.07 Å². The van der Waals surface area contributed by atoms with E-state index >= 15 is 0 Å². The standard InChI is InChI=1S/C19H20FN3O2/c1-3-24-15-10-8-14(9-11-15)19-22-18(25-23-19)12-21-13(2)16-6-4-5-7-17(16)20/h4-11,13,21H,3,12H2,1-2H3/t13-/m1/s1. The van der Waals surface area contributed by atoms with Crippen LogP contribution < -0.4 is 10.1 Å². The van der Waals surface area contributed by atoms with Gasteiger partial charge in [-0.25, -0.2) is 4.39 Å². The fourth-order valence-corrected chi connectivity index (χ4v) is 2.49. The van der Waals surface area contributed by atoms with E-state index in [-0.39, 0.29) is 11.9 Å². The minimum absolute atomic E-state index is 0.165. The normalized spacial score (nSPS) is 12.1. The topological polar surface area (TPSA) is 60.2 Å². The van der Waals surface area contributed by atoms with E-state index < -0.39 is 0 Å². The van der Waals surface area contributed by atoms with Crippen LogP contribution in [0.5, 0.6) is 5.75 Å². The number of nitrogens with zero attached hydrogens (tertiary/aromatic N) is 2. The largest absolute Gasteiger partial charge is 0.494 e. The van der Waals surface area contributed by atoms with Crippen molar-refractivity contribution in [2.24, 2.45) is 0 Å². The first kappa shape index (κ1) is 17.1. The molecule has 1 atom stereocenters. The van der Waals surface area contributed by atoms with E-state index in [4.69, 9.17) is 9.26 Å². The number of hydrogen-bond acceptors (Lipinski definition) is 5. The van der Waals surface area contributed by atoms with Gasteiger partial charge >= 0.3 is 0 Å². The average Bonchev–Trinajstić information content (AvgIpc) is 3.10. The van der Waals surface area contributed by atoms with Crippen LogP contribution in [0.25, 0.3) is 11.4 Å². The summed E-state index contributed by atoms with van der Waals surface area (Å²) in [6.45, 7) is 4.81. The number of aromatic nitrogens is 2. The highest BCUT2D eigenvalue weighted by Gasteiger charge is 2.13. The summed E-state index contributed by atoms with van der Waals surface area (Å²) in [4.78, 5) is 4.37. The van der Waals surface area contributed by atoms with Gasteiger partial charge in [-0.1, -0.05) is 23.4 Å². The fourth-order valence-electron chi connectivity index (χ4n) is 2.49. The summed E-state index contributed by atoms with van der Waals surface area (Å²) in [6, 6.07) is 14.0. The Bertz CT molecular complexity index is 818. The molecule has 0 aliphatic rings. The Kier molecular flexibility index (Phi) is 5.40. The summed E-state index contributed by atoms with van der Waals surface area (Å²) in [5.74, 6) is 1.53. The van der Waals surface area contributed by atoms with Crippen LogP contribution in [-0.4, -0.2) is 16.7 Å². The van der Waals surface area contributed by atoms with Gasteiger partial charge in [0.2, 0.25) is 11.7 Å². The molecule has 0 aliphatic carbocycles. The van der Waals surface area contributed by atoms with Gasteiger partial charge in [0.25, 0.3) is 0 Å². The summed E-state index contributed by atoms with van der Waals surface area (Å²) >= 11 is 0. The number of halogens is 1. The van der Waals surface area contributed by atoms with E-state index in [1.807, 2.05) is 44.2 Å². The van der Waals surface area contributed by atoms with Crippen LogP contribution in [0.2, 0.25) is 0 Å². The van der Waals surface area contributed by atoms with Crippen molar-refractivity contribution in [3.05, 3.63) is 65.8 Å². The van der Waals surface area contributed by atoms with Gasteiger partial charge in [-0.05, 0) is 44.2 Å². The third-order valence-electron chi connectivity index (χ3n) is 3.82. The van der Waals surface area contributed by atoms with E-state index in [9.17, 15) is 4.39 Å². The molecule has 1 N–H and O–H groups in total. The Labute approximate surface area is 145 Å². The van der Waals surface area contributed by atoms with E-state index in [1.54, 1.807) is 12.1 Å². The summed E-state index contributed by atoms with van der Waals surface area (Å²) in [7, 11) is 0. The van der Waals surface area contributed by atoms with Crippen molar-refractivity contribution in [1.29, 1.82) is 0 Å². The lowest BCUT2D eigenvalue weighted by molar-refractivity contribution is 0.340. The quantitative estimate of drug-likeness (QED) is 0.700. The minimum atomic E-state index is -0.233. The van der Waals surface area contributed by atoms with Crippen molar-refractivity contribution >= 4 is 0 Å². The third kappa shape index (κ3) is 4.22. The van der Waals surface area contributed by atoms with Crippen molar-refractivity contribution in [2.45, 2.75) is 26.4 Å². The van der Waals surface area contributed by atoms with Crippen molar-refractivity contribution in [3.8, 4) is 17.1 Å². The van der Waals surface area contributed by atoms with Gasteiger partial charge in [0, 0.05) is 17.2 Å². The van der Waals surface area contributed by atoms with Gasteiger partial charge in [-0.15, -0.1) is 0 Å². The van der Waals surface area contributed by atoms with Crippen molar-refractivity contribution < 1.29 is 13.7 Å². The van der Waals surface area contributed by atoms with Crippen LogP contribution in [0.3, 0.4) is 0 Å². The van der Waals surface area contributed by atoms with Crippen molar-refractivity contribution in [1.82, 2.24) is 15.5 Å². The van der Waals surface area contributed by atoms with Crippen molar-refractivity contribution in [3.63, 3.8) is 0 Å². The lowest BCUT2D eigenvalue weighted by Crippen LogP contribution is -2.19. The maximum atomic E-state index is 13.8. The zero-order valence-corrected chi connectivity index (χ0v) is 14.2. The number of hydrogen-bond donors (Lipinski definition) is 1. The van der Waals surface area contributed by atoms with Crippen molar-refractivity contribution in [2.75, 3.05) is 6.61 Å². The Hall–Kier alpha value is -2.73. The van der Waals surface area contributed by atoms with Gasteiger partial charge in [-0.2, -0.15) is 4.98 Å². The monoisotopic (exact) mass is 341 g/mol. The molecule has 1 aromatic heterocycles. The molecule has 0 fully saturated rings. The second kappa shape index (κ2) is 7.90. The minimum Gasteiger partial charge on any atom is -0.494 e. The zero-order valence-electron chi connectivity index (χ0n) is 14.2. The smallest absolute Gasteiger partial charge is 0.240 e. The predicted octanol–water partition coefficient (Wildman–Crippen LogP) is 4.13. The predicted molar refractivity (Wildman–Crippen MR) is 92.6 cm³/mol. The Morgan fingerprint density at radius 1 is 1.16 bits per heavy atom. The maximum absolute atomic E-state index is 13.8. The molecule has 5 nitrogen and oxygen atoms in total. The number of benzene rings is 2. The second-order valence-electron chi connectivity index (χ2n) is 5.59. The van der Waals surface area contributed by atoms with Crippen LogP contribution in [0.15, 0.2) is 53.1 Å². The molecule has 0 aliphatic heterocycles. The molecule has 0 spiro atoms. The number of nitrogens with one attached hydrogen (secondary N) is 1. The van der Waals surface area contributed by atoms with E-state index in [2.05, 4.69) is 15.5 Å². The number of rotatable bonds is 7. The molecule has 0 saturated carbocycles. The highest BCUT2D eigenvalue weighted by atomic mass is 19.1. The molecular formula is C19H20FN3O2. The zero-order chi connectivity index (χ0) is 17.6. The van der Waals surface area contributed by atoms with Crippen LogP contribution in [0.1, 0.15) is 31.3 Å². The molecule has 0 radical (unpaired) electrons. The molecule has 25 heavy (non-hydrogen) atoms. The molecular weight excluding hydrogens is 321 g/mol. The maximum Gasteiger partial charge on any atom is 0.240 e.